The van der Waals surface area contributed by atoms with Gasteiger partial charge in [0.05, 0.1) is 0 Å². The monoisotopic (exact) mass is 180 g/mol. The summed E-state index contributed by atoms with van der Waals surface area (Å²) in [6, 6.07) is 8.30. The summed E-state index contributed by atoms with van der Waals surface area (Å²) in [6.45, 7) is 0. The Labute approximate surface area is 76.5 Å². The second-order valence-electron chi connectivity index (χ2n) is 2.59. The molecule has 0 aliphatic heterocycles. The van der Waals surface area contributed by atoms with E-state index >= 15 is 0 Å². The molecule has 1 amide bonds. The van der Waals surface area contributed by atoms with Gasteiger partial charge in [-0.3, -0.25) is 4.79 Å². The molecule has 0 saturated carbocycles. The lowest BCUT2D eigenvalue weighted by Gasteiger charge is -2.12. The van der Waals surface area contributed by atoms with Gasteiger partial charge in [0, 0.05) is 7.05 Å². The van der Waals surface area contributed by atoms with Crippen LogP contribution < -0.4 is 10.8 Å². The normalized spacial score (nSPS) is 12.2. The molecule has 70 valence electrons. The Hall–Kier alpha value is -1.39. The lowest BCUT2D eigenvalue weighted by Crippen LogP contribution is -2.33. The summed E-state index contributed by atoms with van der Waals surface area (Å²) < 4.78 is 0. The minimum Gasteiger partial charge on any atom is -0.357 e. The van der Waals surface area contributed by atoms with Gasteiger partial charge >= 0.3 is 0 Å². The summed E-state index contributed by atoms with van der Waals surface area (Å²) in [7, 11) is 1.52. The fraction of sp³-hybridized carbons (Fsp3) is 0.222. The van der Waals surface area contributed by atoms with Crippen molar-refractivity contribution in [2.45, 2.75) is 6.04 Å². The van der Waals surface area contributed by atoms with E-state index in [1.807, 2.05) is 23.7 Å². The topological polar surface area (TPSA) is 61.4 Å². The van der Waals surface area contributed by atoms with Gasteiger partial charge in [-0.1, -0.05) is 30.3 Å². The molecule has 0 spiro atoms. The number of nitrogens with one attached hydrogen (secondary N) is 2. The Morgan fingerprint density at radius 3 is 2.46 bits per heavy atom. The highest BCUT2D eigenvalue weighted by atomic mass is 16.5. The van der Waals surface area contributed by atoms with E-state index in [4.69, 9.17) is 5.21 Å². The van der Waals surface area contributed by atoms with E-state index < -0.39 is 6.04 Å². The number of hydrogen-bond acceptors (Lipinski definition) is 3. The largest absolute Gasteiger partial charge is 0.357 e. The average Bonchev–Trinajstić information content (AvgIpc) is 2.20. The fourth-order valence-corrected chi connectivity index (χ4v) is 1.07. The lowest BCUT2D eigenvalue weighted by molar-refractivity contribution is -0.125. The zero-order valence-corrected chi connectivity index (χ0v) is 7.32. The summed E-state index contributed by atoms with van der Waals surface area (Å²) in [5.74, 6) is -0.270. The van der Waals surface area contributed by atoms with Gasteiger partial charge in [-0.15, -0.1) is 0 Å². The number of benzene rings is 1. The van der Waals surface area contributed by atoms with Crippen LogP contribution in [0.25, 0.3) is 0 Å². The maximum atomic E-state index is 11.2. The maximum absolute atomic E-state index is 11.2. The van der Waals surface area contributed by atoms with Crippen molar-refractivity contribution >= 4 is 5.91 Å². The molecule has 0 saturated heterocycles. The molecule has 0 aliphatic rings. The predicted octanol–water partition coefficient (Wildman–Crippen LogP) is 0.452. The predicted molar refractivity (Wildman–Crippen MR) is 48.2 cm³/mol. The van der Waals surface area contributed by atoms with Crippen LogP contribution in [0.3, 0.4) is 0 Å². The molecular weight excluding hydrogens is 168 g/mol. The number of likely N-dealkylation sites (N-methyl/N-ethyl adjacent to an activating group) is 1. The number of hydroxylamine groups is 1. The van der Waals surface area contributed by atoms with Crippen molar-refractivity contribution in [3.8, 4) is 0 Å². The standard InChI is InChI=1S/C9H12N2O2/c1-10-9(12)8(11-13)7-5-3-2-4-6-7/h2-6,8,11,13H,1H3,(H,10,12)/t8-/m0/s1. The summed E-state index contributed by atoms with van der Waals surface area (Å²) in [4.78, 5) is 11.2. The third-order valence-electron chi connectivity index (χ3n) is 1.77. The van der Waals surface area contributed by atoms with Crippen LogP contribution >= 0.6 is 0 Å². The Kier molecular flexibility index (Phi) is 3.42. The first-order chi connectivity index (χ1) is 6.29. The zero-order chi connectivity index (χ0) is 9.68. The molecule has 4 nitrogen and oxygen atoms in total. The molecule has 0 aliphatic carbocycles. The number of carbonyl (C=O) groups is 1. The van der Waals surface area contributed by atoms with Crippen LogP contribution in [0, 0.1) is 0 Å². The molecule has 13 heavy (non-hydrogen) atoms. The third-order valence-corrected chi connectivity index (χ3v) is 1.77. The Morgan fingerprint density at radius 1 is 1.38 bits per heavy atom. The van der Waals surface area contributed by atoms with Gasteiger partial charge in [-0.25, -0.2) is 0 Å². The summed E-state index contributed by atoms with van der Waals surface area (Å²) in [5.41, 5.74) is 2.68. The molecule has 0 radical (unpaired) electrons. The Balaban J connectivity index is 2.85. The molecule has 1 aromatic rings. The van der Waals surface area contributed by atoms with E-state index in [1.54, 1.807) is 12.1 Å². The molecule has 1 aromatic carbocycles. The highest BCUT2D eigenvalue weighted by Gasteiger charge is 2.17. The van der Waals surface area contributed by atoms with Crippen molar-refractivity contribution in [2.24, 2.45) is 0 Å². The molecule has 0 unspecified atom stereocenters. The van der Waals surface area contributed by atoms with Crippen LogP contribution in [0.15, 0.2) is 30.3 Å². The molecular formula is C9H12N2O2. The highest BCUT2D eigenvalue weighted by molar-refractivity contribution is 5.82. The number of rotatable bonds is 3. The number of carbonyl (C=O) groups excluding carboxylic acids is 1. The lowest BCUT2D eigenvalue weighted by atomic mass is 10.1. The molecule has 0 bridgehead atoms. The Morgan fingerprint density at radius 2 is 2.00 bits per heavy atom. The second kappa shape index (κ2) is 4.59. The molecule has 1 rings (SSSR count). The number of hydrogen-bond donors (Lipinski definition) is 3. The summed E-state index contributed by atoms with van der Waals surface area (Å²) in [5, 5.41) is 11.2. The van der Waals surface area contributed by atoms with E-state index in [2.05, 4.69) is 5.32 Å². The summed E-state index contributed by atoms with van der Waals surface area (Å²) in [6.07, 6.45) is 0. The summed E-state index contributed by atoms with van der Waals surface area (Å²) >= 11 is 0. The van der Waals surface area contributed by atoms with Crippen molar-refractivity contribution in [2.75, 3.05) is 7.05 Å². The zero-order valence-electron chi connectivity index (χ0n) is 7.32. The minimum atomic E-state index is -0.703. The Bertz CT molecular complexity index is 274. The SMILES string of the molecule is CNC(=O)[C@@H](NO)c1ccccc1. The van der Waals surface area contributed by atoms with Crippen molar-refractivity contribution in [3.05, 3.63) is 35.9 Å². The molecule has 1 atom stereocenters. The van der Waals surface area contributed by atoms with Crippen molar-refractivity contribution in [3.63, 3.8) is 0 Å². The fourth-order valence-electron chi connectivity index (χ4n) is 1.07. The first-order valence-electron chi connectivity index (χ1n) is 3.95. The molecule has 0 aromatic heterocycles. The first kappa shape index (κ1) is 9.70. The number of amides is 1. The van der Waals surface area contributed by atoms with Crippen LogP contribution in [0.5, 0.6) is 0 Å². The average molecular weight is 180 g/mol. The molecule has 3 N–H and O–H groups in total. The van der Waals surface area contributed by atoms with Crippen LogP contribution in [-0.2, 0) is 4.79 Å². The molecule has 4 heteroatoms. The van der Waals surface area contributed by atoms with E-state index in [0.29, 0.717) is 0 Å². The van der Waals surface area contributed by atoms with Crippen LogP contribution in [0.2, 0.25) is 0 Å². The van der Waals surface area contributed by atoms with Crippen LogP contribution in [0.1, 0.15) is 11.6 Å². The van der Waals surface area contributed by atoms with Gasteiger partial charge < -0.3 is 10.5 Å². The van der Waals surface area contributed by atoms with E-state index in [-0.39, 0.29) is 5.91 Å². The van der Waals surface area contributed by atoms with Crippen molar-refractivity contribution in [1.82, 2.24) is 10.8 Å². The second-order valence-corrected chi connectivity index (χ2v) is 2.59. The van der Waals surface area contributed by atoms with Gasteiger partial charge in [0.2, 0.25) is 5.91 Å². The van der Waals surface area contributed by atoms with Gasteiger partial charge in [-0.2, -0.15) is 5.48 Å². The molecule has 0 fully saturated rings. The van der Waals surface area contributed by atoms with Crippen LogP contribution in [-0.4, -0.2) is 18.2 Å². The van der Waals surface area contributed by atoms with E-state index in [1.165, 1.54) is 7.05 Å². The molecule has 0 heterocycles. The quantitative estimate of drug-likeness (QED) is 0.592. The van der Waals surface area contributed by atoms with Gasteiger partial charge in [0.15, 0.2) is 0 Å². The van der Waals surface area contributed by atoms with E-state index in [9.17, 15) is 4.79 Å². The minimum absolute atomic E-state index is 0.270. The highest BCUT2D eigenvalue weighted by Crippen LogP contribution is 2.10. The maximum Gasteiger partial charge on any atom is 0.243 e. The first-order valence-corrected chi connectivity index (χ1v) is 3.95. The van der Waals surface area contributed by atoms with E-state index in [0.717, 1.165) is 5.56 Å². The van der Waals surface area contributed by atoms with Gasteiger partial charge in [0.25, 0.3) is 0 Å². The van der Waals surface area contributed by atoms with Crippen LogP contribution in [0.4, 0.5) is 0 Å². The van der Waals surface area contributed by atoms with Crippen molar-refractivity contribution in [1.29, 1.82) is 0 Å². The van der Waals surface area contributed by atoms with Gasteiger partial charge in [-0.05, 0) is 5.56 Å². The third kappa shape index (κ3) is 2.27. The van der Waals surface area contributed by atoms with Gasteiger partial charge in [0.1, 0.15) is 6.04 Å². The van der Waals surface area contributed by atoms with Crippen molar-refractivity contribution < 1.29 is 10.0 Å². The smallest absolute Gasteiger partial charge is 0.243 e.